The van der Waals surface area contributed by atoms with Crippen LogP contribution < -0.4 is 10.6 Å². The lowest BCUT2D eigenvalue weighted by Gasteiger charge is -2.31. The number of dihydropyridines is 1. The number of rotatable bonds is 5. The van der Waals surface area contributed by atoms with E-state index in [-0.39, 0.29) is 22.4 Å². The Morgan fingerprint density at radius 1 is 1.03 bits per heavy atom. The molecular weight excluding hydrogens is 417 g/mol. The summed E-state index contributed by atoms with van der Waals surface area (Å²) < 4.78 is 48.7. The molecule has 1 unspecified atom stereocenters. The summed E-state index contributed by atoms with van der Waals surface area (Å²) in [5.74, 6) is -4.85. The van der Waals surface area contributed by atoms with Crippen molar-refractivity contribution in [3.05, 3.63) is 52.4 Å². The Balaban J connectivity index is 2.72. The van der Waals surface area contributed by atoms with Crippen LogP contribution in [0.2, 0.25) is 0 Å². The molecule has 1 aromatic carbocycles. The van der Waals surface area contributed by atoms with Gasteiger partial charge in [-0.1, -0.05) is 18.2 Å². The van der Waals surface area contributed by atoms with Gasteiger partial charge in [-0.25, -0.2) is 9.59 Å². The normalized spacial score (nSPS) is 16.7. The number of alkyl halides is 3. The highest BCUT2D eigenvalue weighted by Gasteiger charge is 2.42. The molecule has 168 valence electrons. The van der Waals surface area contributed by atoms with Crippen molar-refractivity contribution in [3.8, 4) is 0 Å². The Hall–Kier alpha value is -3.30. The van der Waals surface area contributed by atoms with Crippen molar-refractivity contribution in [2.45, 2.75) is 45.9 Å². The maximum absolute atomic E-state index is 12.9. The van der Waals surface area contributed by atoms with Gasteiger partial charge < -0.3 is 20.1 Å². The van der Waals surface area contributed by atoms with Gasteiger partial charge in [0.05, 0.1) is 30.3 Å². The number of hydrogen-bond acceptors (Lipinski definition) is 6. The quantitative estimate of drug-likeness (QED) is 0.681. The van der Waals surface area contributed by atoms with Crippen molar-refractivity contribution in [2.24, 2.45) is 0 Å². The average molecular weight is 440 g/mol. The summed E-state index contributed by atoms with van der Waals surface area (Å²) in [6, 6.07) is 5.62. The van der Waals surface area contributed by atoms with Crippen LogP contribution in [0.25, 0.3) is 0 Å². The minimum absolute atomic E-state index is 0.0116. The van der Waals surface area contributed by atoms with Crippen LogP contribution in [0.5, 0.6) is 0 Å². The molecule has 31 heavy (non-hydrogen) atoms. The number of para-hydroxylation sites is 1. The van der Waals surface area contributed by atoms with Crippen LogP contribution in [-0.2, 0) is 23.9 Å². The maximum Gasteiger partial charge on any atom is 0.471 e. The molecule has 2 N–H and O–H groups in total. The molecule has 10 heteroatoms. The van der Waals surface area contributed by atoms with Crippen molar-refractivity contribution < 1.29 is 37.0 Å². The topological polar surface area (TPSA) is 93.7 Å². The molecule has 1 aliphatic heterocycles. The molecule has 1 aliphatic rings. The number of ether oxygens (including phenoxy) is 2. The smallest absolute Gasteiger partial charge is 0.466 e. The predicted molar refractivity (Wildman–Crippen MR) is 106 cm³/mol. The first-order valence-electron chi connectivity index (χ1n) is 9.33. The van der Waals surface area contributed by atoms with E-state index in [1.165, 1.54) is 24.3 Å². The van der Waals surface area contributed by atoms with E-state index in [1.54, 1.807) is 27.7 Å². The number of nitrogens with one attached hydrogen (secondary N) is 2. The van der Waals surface area contributed by atoms with Gasteiger partial charge in [0.2, 0.25) is 0 Å². The highest BCUT2D eigenvalue weighted by Crippen LogP contribution is 2.42. The largest absolute Gasteiger partial charge is 0.471 e. The molecule has 2 rings (SSSR count). The summed E-state index contributed by atoms with van der Waals surface area (Å²) in [4.78, 5) is 37.1. The molecule has 1 atom stereocenters. The third-order valence-corrected chi connectivity index (χ3v) is 4.51. The molecule has 0 saturated carbocycles. The van der Waals surface area contributed by atoms with E-state index in [2.05, 4.69) is 5.32 Å². The molecule has 0 saturated heterocycles. The van der Waals surface area contributed by atoms with Crippen LogP contribution in [0.3, 0.4) is 0 Å². The number of methoxy groups -OCH3 is 1. The van der Waals surface area contributed by atoms with Crippen molar-refractivity contribution in [1.82, 2.24) is 5.32 Å². The fourth-order valence-corrected chi connectivity index (χ4v) is 3.29. The van der Waals surface area contributed by atoms with Gasteiger partial charge in [0.1, 0.15) is 0 Å². The minimum atomic E-state index is -5.12. The summed E-state index contributed by atoms with van der Waals surface area (Å²) in [6.07, 6.45) is -5.61. The van der Waals surface area contributed by atoms with E-state index in [9.17, 15) is 27.6 Å². The fourth-order valence-electron chi connectivity index (χ4n) is 3.29. The lowest BCUT2D eigenvalue weighted by Crippen LogP contribution is -2.34. The minimum Gasteiger partial charge on any atom is -0.466 e. The molecule has 0 aliphatic carbocycles. The molecule has 0 fully saturated rings. The van der Waals surface area contributed by atoms with Crippen LogP contribution in [0.1, 0.15) is 39.2 Å². The van der Waals surface area contributed by atoms with E-state index in [0.717, 1.165) is 7.11 Å². The van der Waals surface area contributed by atoms with Crippen LogP contribution in [0.4, 0.5) is 18.9 Å². The zero-order valence-electron chi connectivity index (χ0n) is 17.6. The number of halogens is 3. The maximum atomic E-state index is 12.9. The van der Waals surface area contributed by atoms with Crippen LogP contribution in [0, 0.1) is 0 Å². The lowest BCUT2D eigenvalue weighted by molar-refractivity contribution is -0.167. The molecule has 1 heterocycles. The number of amides is 1. The first kappa shape index (κ1) is 24.0. The lowest BCUT2D eigenvalue weighted by atomic mass is 9.79. The van der Waals surface area contributed by atoms with Crippen molar-refractivity contribution >= 4 is 23.5 Å². The Labute approximate surface area is 177 Å². The zero-order chi connectivity index (χ0) is 23.5. The second kappa shape index (κ2) is 9.23. The third kappa shape index (κ3) is 5.25. The highest BCUT2D eigenvalue weighted by molar-refractivity contribution is 6.01. The highest BCUT2D eigenvalue weighted by atomic mass is 19.4. The summed E-state index contributed by atoms with van der Waals surface area (Å²) in [5.41, 5.74) is 0.654. The molecule has 0 radical (unpaired) electrons. The van der Waals surface area contributed by atoms with E-state index >= 15 is 0 Å². The second-order valence-corrected chi connectivity index (χ2v) is 7.12. The van der Waals surface area contributed by atoms with Crippen molar-refractivity contribution in [3.63, 3.8) is 0 Å². The summed E-state index contributed by atoms with van der Waals surface area (Å²) in [6.45, 7) is 6.43. The van der Waals surface area contributed by atoms with E-state index in [0.29, 0.717) is 11.4 Å². The number of carbonyl (C=O) groups is 3. The van der Waals surface area contributed by atoms with Gasteiger partial charge >= 0.3 is 24.0 Å². The number of esters is 2. The molecule has 1 amide bonds. The van der Waals surface area contributed by atoms with Crippen molar-refractivity contribution in [1.29, 1.82) is 0 Å². The van der Waals surface area contributed by atoms with Crippen LogP contribution >= 0.6 is 0 Å². The van der Waals surface area contributed by atoms with Crippen LogP contribution in [-0.4, -0.2) is 37.2 Å². The van der Waals surface area contributed by atoms with E-state index in [4.69, 9.17) is 9.47 Å². The van der Waals surface area contributed by atoms with Gasteiger partial charge in [-0.05, 0) is 39.3 Å². The number of anilines is 1. The van der Waals surface area contributed by atoms with Gasteiger partial charge in [0, 0.05) is 17.1 Å². The first-order chi connectivity index (χ1) is 14.4. The summed E-state index contributed by atoms with van der Waals surface area (Å²) in [5, 5.41) is 4.74. The Morgan fingerprint density at radius 3 is 2.10 bits per heavy atom. The number of carbonyl (C=O) groups excluding carboxylic acids is 3. The average Bonchev–Trinajstić information content (AvgIpc) is 2.65. The second-order valence-electron chi connectivity index (χ2n) is 7.12. The molecule has 1 aromatic rings. The molecular formula is C21H23F3N2O5. The van der Waals surface area contributed by atoms with Gasteiger partial charge in [-0.15, -0.1) is 0 Å². The molecule has 0 bridgehead atoms. The number of allylic oxidation sites excluding steroid dienone is 2. The fraction of sp³-hybridized carbons (Fsp3) is 0.381. The SMILES string of the molecule is COC(=O)C1=C(C)NC(C)=C(C(=O)OC(C)C)C1c1ccccc1NC(=O)C(F)(F)F. The van der Waals surface area contributed by atoms with Gasteiger partial charge in [-0.2, -0.15) is 13.2 Å². The van der Waals surface area contributed by atoms with Gasteiger partial charge in [0.25, 0.3) is 0 Å². The Morgan fingerprint density at radius 2 is 1.58 bits per heavy atom. The van der Waals surface area contributed by atoms with Crippen molar-refractivity contribution in [2.75, 3.05) is 12.4 Å². The van der Waals surface area contributed by atoms with Gasteiger partial charge in [-0.3, -0.25) is 4.79 Å². The zero-order valence-corrected chi connectivity index (χ0v) is 17.6. The summed E-state index contributed by atoms with van der Waals surface area (Å²) in [7, 11) is 1.15. The Bertz CT molecular complexity index is 964. The standard InChI is InChI=1S/C21H23F3N2O5/c1-10(2)31-19(28)16-12(4)25-11(3)15(18(27)30-5)17(16)13-8-6-7-9-14(13)26-20(29)21(22,23)24/h6-10,17,25H,1-5H3,(H,26,29). The third-order valence-electron chi connectivity index (χ3n) is 4.51. The number of hydrogen-bond donors (Lipinski definition) is 2. The van der Waals surface area contributed by atoms with E-state index < -0.39 is 36.0 Å². The molecule has 0 spiro atoms. The molecule has 7 nitrogen and oxygen atoms in total. The van der Waals surface area contributed by atoms with Gasteiger partial charge in [0.15, 0.2) is 0 Å². The van der Waals surface area contributed by atoms with E-state index in [1.807, 2.05) is 5.32 Å². The monoisotopic (exact) mass is 440 g/mol. The first-order valence-corrected chi connectivity index (χ1v) is 9.33. The van der Waals surface area contributed by atoms with Crippen LogP contribution in [0.15, 0.2) is 46.8 Å². The predicted octanol–water partition coefficient (Wildman–Crippen LogP) is 3.55. The number of benzene rings is 1. The molecule has 0 aromatic heterocycles. The summed E-state index contributed by atoms with van der Waals surface area (Å²) >= 11 is 0. The Kier molecular flexibility index (Phi) is 7.14.